The van der Waals surface area contributed by atoms with Crippen molar-refractivity contribution in [3.05, 3.63) is 28.8 Å². The average Bonchev–Trinajstić information content (AvgIpc) is 2.16. The number of halogens is 2. The molecule has 0 aliphatic heterocycles. The Morgan fingerprint density at radius 1 is 1.50 bits per heavy atom. The molecule has 5 heteroatoms. The summed E-state index contributed by atoms with van der Waals surface area (Å²) >= 11 is 11.4. The van der Waals surface area contributed by atoms with Gasteiger partial charge in [-0.1, -0.05) is 11.6 Å². The van der Waals surface area contributed by atoms with Gasteiger partial charge in [0.1, 0.15) is 5.75 Å². The van der Waals surface area contributed by atoms with E-state index in [4.69, 9.17) is 23.2 Å². The van der Waals surface area contributed by atoms with Gasteiger partial charge in [-0.2, -0.15) is 0 Å². The predicted octanol–water partition coefficient (Wildman–Crippen LogP) is 2.79. The molecule has 3 nitrogen and oxygen atoms in total. The van der Waals surface area contributed by atoms with Crippen molar-refractivity contribution in [1.82, 2.24) is 5.32 Å². The van der Waals surface area contributed by atoms with E-state index >= 15 is 0 Å². The van der Waals surface area contributed by atoms with E-state index in [9.17, 15) is 9.90 Å². The lowest BCUT2D eigenvalue weighted by Crippen LogP contribution is -2.44. The molecule has 16 heavy (non-hydrogen) atoms. The molecule has 0 saturated carbocycles. The molecular weight excluding hydrogens is 249 g/mol. The van der Waals surface area contributed by atoms with Crippen LogP contribution in [0.25, 0.3) is 0 Å². The largest absolute Gasteiger partial charge is 0.507 e. The van der Waals surface area contributed by atoms with Gasteiger partial charge in [-0.3, -0.25) is 4.79 Å². The molecule has 0 bridgehead atoms. The summed E-state index contributed by atoms with van der Waals surface area (Å²) in [5.74, 6) is -0.234. The van der Waals surface area contributed by atoms with Gasteiger partial charge in [0, 0.05) is 16.4 Å². The first kappa shape index (κ1) is 13.1. The molecule has 0 radical (unpaired) electrons. The molecule has 1 rings (SSSR count). The van der Waals surface area contributed by atoms with Crippen LogP contribution >= 0.6 is 23.2 Å². The number of alkyl halides is 1. The van der Waals surface area contributed by atoms with Crippen molar-refractivity contribution in [3.8, 4) is 5.75 Å². The van der Waals surface area contributed by atoms with Crippen LogP contribution in [0.15, 0.2) is 18.2 Å². The summed E-state index contributed by atoms with van der Waals surface area (Å²) < 4.78 is 0. The Hall–Kier alpha value is -0.930. The van der Waals surface area contributed by atoms with E-state index in [1.807, 2.05) is 0 Å². The second-order valence-corrected chi connectivity index (χ2v) is 4.84. The number of aromatic hydroxyl groups is 1. The van der Waals surface area contributed by atoms with Crippen molar-refractivity contribution < 1.29 is 9.90 Å². The van der Waals surface area contributed by atoms with Gasteiger partial charge in [-0.15, -0.1) is 11.6 Å². The van der Waals surface area contributed by atoms with Crippen molar-refractivity contribution in [2.45, 2.75) is 19.4 Å². The third-order valence-electron chi connectivity index (χ3n) is 1.99. The minimum absolute atomic E-state index is 0.143. The van der Waals surface area contributed by atoms with Gasteiger partial charge in [0.05, 0.1) is 5.56 Å². The number of hydrogen-bond donors (Lipinski definition) is 2. The molecule has 0 saturated heterocycles. The molecule has 0 aliphatic carbocycles. The summed E-state index contributed by atoms with van der Waals surface area (Å²) in [6.45, 7) is 3.59. The second kappa shape index (κ2) is 4.93. The van der Waals surface area contributed by atoms with E-state index in [-0.39, 0.29) is 23.1 Å². The highest BCUT2D eigenvalue weighted by atomic mass is 35.5. The van der Waals surface area contributed by atoms with Crippen LogP contribution in [0.5, 0.6) is 5.75 Å². The van der Waals surface area contributed by atoms with E-state index in [2.05, 4.69) is 5.32 Å². The van der Waals surface area contributed by atoms with Gasteiger partial charge >= 0.3 is 0 Å². The van der Waals surface area contributed by atoms with Crippen molar-refractivity contribution in [1.29, 1.82) is 0 Å². The summed E-state index contributed by atoms with van der Waals surface area (Å²) in [4.78, 5) is 11.8. The van der Waals surface area contributed by atoms with Crippen LogP contribution in [-0.2, 0) is 0 Å². The number of hydrogen-bond acceptors (Lipinski definition) is 2. The average molecular weight is 262 g/mol. The fourth-order valence-electron chi connectivity index (χ4n) is 1.10. The number of rotatable bonds is 3. The number of phenols is 1. The maximum Gasteiger partial charge on any atom is 0.255 e. The molecule has 0 fully saturated rings. The molecule has 0 unspecified atom stereocenters. The molecule has 0 heterocycles. The normalized spacial score (nSPS) is 11.2. The lowest BCUT2D eigenvalue weighted by Gasteiger charge is -2.23. The Labute approximate surface area is 104 Å². The molecule has 0 atom stereocenters. The fourth-order valence-corrected chi connectivity index (χ4v) is 1.34. The van der Waals surface area contributed by atoms with Crippen LogP contribution in [0.1, 0.15) is 24.2 Å². The highest BCUT2D eigenvalue weighted by Crippen LogP contribution is 2.22. The highest BCUT2D eigenvalue weighted by Gasteiger charge is 2.21. The van der Waals surface area contributed by atoms with Crippen molar-refractivity contribution >= 4 is 29.1 Å². The van der Waals surface area contributed by atoms with Gasteiger partial charge in [-0.25, -0.2) is 0 Å². The number of carbonyl (C=O) groups is 1. The molecule has 1 aromatic rings. The molecule has 88 valence electrons. The maximum absolute atomic E-state index is 11.8. The van der Waals surface area contributed by atoms with Gasteiger partial charge in [-0.05, 0) is 32.0 Å². The molecule has 1 amide bonds. The van der Waals surface area contributed by atoms with E-state index in [1.54, 1.807) is 19.9 Å². The molecule has 0 aliphatic rings. The minimum Gasteiger partial charge on any atom is -0.507 e. The summed E-state index contributed by atoms with van der Waals surface area (Å²) in [5, 5.41) is 12.6. The number of amides is 1. The summed E-state index contributed by atoms with van der Waals surface area (Å²) in [6, 6.07) is 4.34. The summed E-state index contributed by atoms with van der Waals surface area (Å²) in [6.07, 6.45) is 0. The summed E-state index contributed by atoms with van der Waals surface area (Å²) in [7, 11) is 0. The third-order valence-corrected chi connectivity index (χ3v) is 2.89. The third kappa shape index (κ3) is 3.29. The Balaban J connectivity index is 2.89. The SMILES string of the molecule is CC(C)(CCl)NC(=O)c1ccc(Cl)cc1O. The Morgan fingerprint density at radius 3 is 2.62 bits per heavy atom. The van der Waals surface area contributed by atoms with E-state index in [0.29, 0.717) is 5.02 Å². The number of nitrogens with one attached hydrogen (secondary N) is 1. The molecule has 0 aromatic heterocycles. The van der Waals surface area contributed by atoms with Crippen molar-refractivity contribution in [2.24, 2.45) is 0 Å². The zero-order valence-electron chi connectivity index (χ0n) is 9.05. The second-order valence-electron chi connectivity index (χ2n) is 4.13. The molecular formula is C11H13Cl2NO2. The van der Waals surface area contributed by atoms with Gasteiger partial charge in [0.25, 0.3) is 5.91 Å². The standard InChI is InChI=1S/C11H13Cl2NO2/c1-11(2,6-12)14-10(16)8-4-3-7(13)5-9(8)15/h3-5,15H,6H2,1-2H3,(H,14,16). The van der Waals surface area contributed by atoms with Crippen molar-refractivity contribution in [3.63, 3.8) is 0 Å². The van der Waals surface area contributed by atoms with Gasteiger partial charge < -0.3 is 10.4 Å². The topological polar surface area (TPSA) is 49.3 Å². The number of benzene rings is 1. The van der Waals surface area contributed by atoms with Crippen LogP contribution in [-0.4, -0.2) is 22.4 Å². The first-order valence-corrected chi connectivity index (χ1v) is 5.64. The van der Waals surface area contributed by atoms with E-state index in [0.717, 1.165) is 0 Å². The van der Waals surface area contributed by atoms with Crippen LogP contribution in [0.2, 0.25) is 5.02 Å². The smallest absolute Gasteiger partial charge is 0.255 e. The van der Waals surface area contributed by atoms with Crippen molar-refractivity contribution in [2.75, 3.05) is 5.88 Å². The summed E-state index contributed by atoms with van der Waals surface area (Å²) in [5.41, 5.74) is -0.340. The predicted molar refractivity (Wildman–Crippen MR) is 65.4 cm³/mol. The van der Waals surface area contributed by atoms with Crippen LogP contribution in [0.3, 0.4) is 0 Å². The fraction of sp³-hybridized carbons (Fsp3) is 0.364. The van der Waals surface area contributed by atoms with Crippen LogP contribution < -0.4 is 5.32 Å². The van der Waals surface area contributed by atoms with E-state index in [1.165, 1.54) is 12.1 Å². The first-order valence-electron chi connectivity index (χ1n) is 4.73. The Morgan fingerprint density at radius 2 is 2.12 bits per heavy atom. The van der Waals surface area contributed by atoms with E-state index < -0.39 is 5.54 Å². The highest BCUT2D eigenvalue weighted by molar-refractivity contribution is 6.30. The first-order chi connectivity index (χ1) is 7.35. The lowest BCUT2D eigenvalue weighted by molar-refractivity contribution is 0.0918. The number of carbonyl (C=O) groups excluding carboxylic acids is 1. The molecule has 1 aromatic carbocycles. The zero-order valence-corrected chi connectivity index (χ0v) is 10.6. The Kier molecular flexibility index (Phi) is 4.05. The Bertz CT molecular complexity index is 405. The van der Waals surface area contributed by atoms with Crippen LogP contribution in [0.4, 0.5) is 0 Å². The zero-order chi connectivity index (χ0) is 12.3. The quantitative estimate of drug-likeness (QED) is 0.823. The lowest BCUT2D eigenvalue weighted by atomic mass is 10.1. The van der Waals surface area contributed by atoms with Crippen LogP contribution in [0, 0.1) is 0 Å². The minimum atomic E-state index is -0.523. The molecule has 0 spiro atoms. The maximum atomic E-state index is 11.8. The van der Waals surface area contributed by atoms with Gasteiger partial charge in [0.2, 0.25) is 0 Å². The van der Waals surface area contributed by atoms with Gasteiger partial charge in [0.15, 0.2) is 0 Å². The number of phenolic OH excluding ortho intramolecular Hbond substituents is 1. The molecule has 2 N–H and O–H groups in total. The monoisotopic (exact) mass is 261 g/mol.